The molecule has 2 saturated heterocycles. The largest absolute Gasteiger partial charge is 0.416 e. The molecule has 13 heteroatoms. The molecule has 0 radical (unpaired) electrons. The van der Waals surface area contributed by atoms with E-state index < -0.39 is 41.0 Å². The fourth-order valence-corrected chi connectivity index (χ4v) is 6.53. The van der Waals surface area contributed by atoms with Gasteiger partial charge in [0, 0.05) is 68.9 Å². The number of alkyl halides is 6. The highest BCUT2D eigenvalue weighted by Gasteiger charge is 2.39. The Hall–Kier alpha value is -2.18. The Kier molecular flexibility index (Phi) is 12.1. The number of amides is 1. The van der Waals surface area contributed by atoms with Crippen LogP contribution in [0.1, 0.15) is 27.0 Å². The van der Waals surface area contributed by atoms with Crippen molar-refractivity contribution in [3.05, 3.63) is 82.9 Å². The third-order valence-corrected chi connectivity index (χ3v) is 8.73. The summed E-state index contributed by atoms with van der Waals surface area (Å²) >= 11 is 1.93. The van der Waals surface area contributed by atoms with Crippen LogP contribution in [0.4, 0.5) is 26.3 Å². The summed E-state index contributed by atoms with van der Waals surface area (Å²) in [6, 6.07) is 14.5. The van der Waals surface area contributed by atoms with Crippen molar-refractivity contribution in [2.24, 2.45) is 0 Å². The Morgan fingerprint density at radius 1 is 0.744 bits per heavy atom. The predicted octanol–water partition coefficient (Wildman–Crippen LogP) is 7.14. The van der Waals surface area contributed by atoms with Crippen LogP contribution in [0.25, 0.3) is 10.8 Å². The third kappa shape index (κ3) is 8.94. The molecule has 0 unspecified atom stereocenters. The van der Waals surface area contributed by atoms with Crippen molar-refractivity contribution in [3.8, 4) is 0 Å². The Labute approximate surface area is 263 Å². The zero-order valence-corrected chi connectivity index (χ0v) is 25.6. The summed E-state index contributed by atoms with van der Waals surface area (Å²) in [6.07, 6.45) is -9.61. The smallest absolute Gasteiger partial charge is 0.333 e. The molecular formula is C30H33Cl2F6N3OS. The number of benzene rings is 3. The first-order valence-electron chi connectivity index (χ1n) is 13.6. The fraction of sp³-hybridized carbons (Fsp3) is 0.433. The molecule has 0 N–H and O–H groups in total. The van der Waals surface area contributed by atoms with Crippen LogP contribution in [-0.4, -0.2) is 84.0 Å². The van der Waals surface area contributed by atoms with Gasteiger partial charge in [0.25, 0.3) is 5.91 Å². The molecule has 0 bridgehead atoms. The van der Waals surface area contributed by atoms with Gasteiger partial charge >= 0.3 is 12.4 Å². The molecule has 0 saturated carbocycles. The molecular weight excluding hydrogens is 635 g/mol. The SMILES string of the molecule is Cl.Cl.O=C(c1cc(C(F)(F)F)cc(C(F)(F)F)c1)N1CCN(CCN2CCSCC2)C[C@H]1Cc1ccc2ccccc2c1. The van der Waals surface area contributed by atoms with Gasteiger partial charge in [-0.25, -0.2) is 0 Å². The first kappa shape index (κ1) is 35.3. The number of rotatable bonds is 6. The lowest BCUT2D eigenvalue weighted by molar-refractivity contribution is -0.143. The molecule has 0 aromatic heterocycles. The van der Waals surface area contributed by atoms with Gasteiger partial charge < -0.3 is 9.80 Å². The number of piperazine rings is 1. The minimum Gasteiger partial charge on any atom is -0.333 e. The number of carbonyl (C=O) groups excluding carboxylic acids is 1. The molecule has 5 rings (SSSR count). The van der Waals surface area contributed by atoms with E-state index >= 15 is 0 Å². The van der Waals surface area contributed by atoms with E-state index in [9.17, 15) is 31.1 Å². The highest BCUT2D eigenvalue weighted by atomic mass is 35.5. The van der Waals surface area contributed by atoms with Gasteiger partial charge in [-0.05, 0) is 41.0 Å². The van der Waals surface area contributed by atoms with Gasteiger partial charge in [0.15, 0.2) is 0 Å². The Morgan fingerprint density at radius 3 is 1.98 bits per heavy atom. The van der Waals surface area contributed by atoms with Crippen LogP contribution in [0.15, 0.2) is 60.7 Å². The van der Waals surface area contributed by atoms with Gasteiger partial charge in [0.1, 0.15) is 0 Å². The molecule has 1 atom stereocenters. The monoisotopic (exact) mass is 667 g/mol. The van der Waals surface area contributed by atoms with E-state index in [1.165, 1.54) is 4.90 Å². The molecule has 2 heterocycles. The number of hydrogen-bond donors (Lipinski definition) is 0. The van der Waals surface area contributed by atoms with Gasteiger partial charge in [-0.1, -0.05) is 42.5 Å². The van der Waals surface area contributed by atoms with Gasteiger partial charge in [0.05, 0.1) is 11.1 Å². The third-order valence-electron chi connectivity index (χ3n) is 7.78. The minimum atomic E-state index is -5.02. The van der Waals surface area contributed by atoms with Crippen LogP contribution in [0, 0.1) is 0 Å². The van der Waals surface area contributed by atoms with E-state index in [2.05, 4.69) is 9.80 Å². The molecule has 2 aliphatic rings. The quantitative estimate of drug-likeness (QED) is 0.261. The normalized spacial score (nSPS) is 18.7. The first-order valence-corrected chi connectivity index (χ1v) is 14.7. The summed E-state index contributed by atoms with van der Waals surface area (Å²) in [7, 11) is 0. The lowest BCUT2D eigenvalue weighted by Gasteiger charge is -2.42. The number of fused-ring (bicyclic) bond motifs is 1. The van der Waals surface area contributed by atoms with Crippen molar-refractivity contribution in [2.75, 3.05) is 57.3 Å². The van der Waals surface area contributed by atoms with Crippen LogP contribution in [-0.2, 0) is 18.8 Å². The van der Waals surface area contributed by atoms with Gasteiger partial charge in [0.2, 0.25) is 0 Å². The van der Waals surface area contributed by atoms with Crippen LogP contribution in [0.5, 0.6) is 0 Å². The molecule has 2 aliphatic heterocycles. The highest BCUT2D eigenvalue weighted by Crippen LogP contribution is 2.37. The maximum absolute atomic E-state index is 13.6. The maximum Gasteiger partial charge on any atom is 0.416 e. The Bertz CT molecular complexity index is 1350. The molecule has 1 amide bonds. The molecule has 2 fully saturated rings. The average Bonchev–Trinajstić information content (AvgIpc) is 2.95. The van der Waals surface area contributed by atoms with Crippen molar-refractivity contribution in [3.63, 3.8) is 0 Å². The molecule has 4 nitrogen and oxygen atoms in total. The Balaban J connectivity index is 0.00000253. The van der Waals surface area contributed by atoms with E-state index in [1.807, 2.05) is 54.2 Å². The van der Waals surface area contributed by atoms with E-state index in [4.69, 9.17) is 0 Å². The number of carbonyl (C=O) groups is 1. The van der Waals surface area contributed by atoms with E-state index in [0.717, 1.165) is 54.0 Å². The number of hydrogen-bond acceptors (Lipinski definition) is 4. The van der Waals surface area contributed by atoms with Crippen molar-refractivity contribution in [2.45, 2.75) is 24.8 Å². The second-order valence-electron chi connectivity index (χ2n) is 10.6. The van der Waals surface area contributed by atoms with Crippen molar-refractivity contribution < 1.29 is 31.1 Å². The number of nitrogens with zero attached hydrogens (tertiary/aromatic N) is 3. The molecule has 0 aliphatic carbocycles. The highest BCUT2D eigenvalue weighted by molar-refractivity contribution is 7.99. The summed E-state index contributed by atoms with van der Waals surface area (Å²) in [5.41, 5.74) is -2.63. The van der Waals surface area contributed by atoms with Crippen molar-refractivity contribution in [1.29, 1.82) is 0 Å². The minimum absolute atomic E-state index is 0. The number of halogens is 8. The van der Waals surface area contributed by atoms with Crippen LogP contribution >= 0.6 is 36.6 Å². The number of thioether (sulfide) groups is 1. The second-order valence-corrected chi connectivity index (χ2v) is 11.8. The summed E-state index contributed by atoms with van der Waals surface area (Å²) in [5, 5.41) is 2.07. The van der Waals surface area contributed by atoms with Gasteiger partial charge in [-0.3, -0.25) is 9.69 Å². The predicted molar refractivity (Wildman–Crippen MR) is 164 cm³/mol. The standard InChI is InChI=1S/C30H31F6N3OS.2ClH/c31-29(32,33)25-17-24(18-26(19-25)30(34,35)36)28(40)39-10-9-38(8-7-37-11-13-41-14-12-37)20-27(39)16-21-5-6-22-3-1-2-4-23(22)15-21;;/h1-6,15,17-19,27H,7-14,16,20H2;2*1H/t27-;;/m1../s1. The van der Waals surface area contributed by atoms with E-state index in [-0.39, 0.29) is 37.4 Å². The van der Waals surface area contributed by atoms with Crippen LogP contribution in [0.3, 0.4) is 0 Å². The van der Waals surface area contributed by atoms with Crippen LogP contribution < -0.4 is 0 Å². The average molecular weight is 669 g/mol. The molecule has 3 aromatic carbocycles. The summed E-state index contributed by atoms with van der Waals surface area (Å²) < 4.78 is 81.1. The summed E-state index contributed by atoms with van der Waals surface area (Å²) in [4.78, 5) is 19.7. The van der Waals surface area contributed by atoms with Crippen molar-refractivity contribution in [1.82, 2.24) is 14.7 Å². The molecule has 236 valence electrons. The summed E-state index contributed by atoms with van der Waals surface area (Å²) in [5.74, 6) is 1.35. The maximum atomic E-state index is 13.6. The fourth-order valence-electron chi connectivity index (χ4n) is 5.55. The van der Waals surface area contributed by atoms with Crippen molar-refractivity contribution >= 4 is 53.3 Å². The summed E-state index contributed by atoms with van der Waals surface area (Å²) in [6.45, 7) is 4.87. The zero-order chi connectivity index (χ0) is 29.2. The lowest BCUT2D eigenvalue weighted by Crippen LogP contribution is -2.57. The van der Waals surface area contributed by atoms with Gasteiger partial charge in [-0.2, -0.15) is 38.1 Å². The topological polar surface area (TPSA) is 26.8 Å². The Morgan fingerprint density at radius 2 is 1.35 bits per heavy atom. The van der Waals surface area contributed by atoms with E-state index in [1.54, 1.807) is 0 Å². The lowest BCUT2D eigenvalue weighted by atomic mass is 9.97. The first-order chi connectivity index (χ1) is 19.5. The zero-order valence-electron chi connectivity index (χ0n) is 23.2. The second kappa shape index (κ2) is 14.7. The molecule has 43 heavy (non-hydrogen) atoms. The molecule has 3 aromatic rings. The molecule has 0 spiro atoms. The van der Waals surface area contributed by atoms with Gasteiger partial charge in [-0.15, -0.1) is 24.8 Å². The van der Waals surface area contributed by atoms with E-state index in [0.29, 0.717) is 31.6 Å². The van der Waals surface area contributed by atoms with Crippen LogP contribution in [0.2, 0.25) is 0 Å².